The van der Waals surface area contributed by atoms with Crippen LogP contribution in [0.1, 0.15) is 29.3 Å². The van der Waals surface area contributed by atoms with Crippen molar-refractivity contribution in [2.24, 2.45) is 0 Å². The molecular weight excluding hydrogens is 314 g/mol. The molecule has 0 spiro atoms. The highest BCUT2D eigenvalue weighted by Gasteiger charge is 2.14. The number of aromatic carboxylic acids is 1. The third-order valence-corrected chi connectivity index (χ3v) is 2.92. The molecule has 0 heterocycles. The second-order valence-corrected chi connectivity index (χ2v) is 4.95. The molecule has 2 N–H and O–H groups in total. The standard InChI is InChI=1S/C13H16BrNO4/c1-3-4-19-7-12(16)15-11-6-9(14)5-10(8(11)2)13(17)18/h5-6H,3-4,7H2,1-2H3,(H,15,16)(H,17,18). The molecule has 0 atom stereocenters. The zero-order valence-corrected chi connectivity index (χ0v) is 12.4. The van der Waals surface area contributed by atoms with E-state index in [0.29, 0.717) is 22.3 Å². The highest BCUT2D eigenvalue weighted by molar-refractivity contribution is 9.10. The molecule has 0 unspecified atom stereocenters. The third-order valence-electron chi connectivity index (χ3n) is 2.46. The number of hydrogen-bond donors (Lipinski definition) is 2. The van der Waals surface area contributed by atoms with Crippen LogP contribution in [0.4, 0.5) is 5.69 Å². The van der Waals surface area contributed by atoms with Gasteiger partial charge in [0.25, 0.3) is 0 Å². The Morgan fingerprint density at radius 2 is 2.11 bits per heavy atom. The number of hydrogen-bond acceptors (Lipinski definition) is 3. The number of anilines is 1. The predicted octanol–water partition coefficient (Wildman–Crippen LogP) is 2.82. The maximum absolute atomic E-state index is 11.6. The van der Waals surface area contributed by atoms with Crippen LogP contribution in [-0.4, -0.2) is 30.2 Å². The highest BCUT2D eigenvalue weighted by atomic mass is 79.9. The molecule has 0 aliphatic rings. The second-order valence-electron chi connectivity index (χ2n) is 4.03. The lowest BCUT2D eigenvalue weighted by Gasteiger charge is -2.11. The van der Waals surface area contributed by atoms with Gasteiger partial charge in [0.2, 0.25) is 5.91 Å². The van der Waals surface area contributed by atoms with Crippen molar-refractivity contribution in [2.75, 3.05) is 18.5 Å². The molecule has 0 saturated heterocycles. The average molecular weight is 330 g/mol. The number of rotatable bonds is 6. The zero-order valence-electron chi connectivity index (χ0n) is 10.8. The smallest absolute Gasteiger partial charge is 0.336 e. The summed E-state index contributed by atoms with van der Waals surface area (Å²) in [5.41, 5.74) is 1.13. The number of carbonyl (C=O) groups excluding carboxylic acids is 1. The van der Waals surface area contributed by atoms with Gasteiger partial charge in [0.1, 0.15) is 6.61 Å². The molecule has 0 bridgehead atoms. The molecular formula is C13H16BrNO4. The first-order valence-corrected chi connectivity index (χ1v) is 6.66. The van der Waals surface area contributed by atoms with Crippen LogP contribution in [0.15, 0.2) is 16.6 Å². The summed E-state index contributed by atoms with van der Waals surface area (Å²) in [6.07, 6.45) is 0.840. The van der Waals surface area contributed by atoms with Crippen LogP contribution in [0.5, 0.6) is 0 Å². The van der Waals surface area contributed by atoms with Crippen LogP contribution in [0.3, 0.4) is 0 Å². The van der Waals surface area contributed by atoms with Crippen molar-refractivity contribution >= 4 is 33.5 Å². The number of halogens is 1. The Morgan fingerprint density at radius 1 is 1.42 bits per heavy atom. The first-order chi connectivity index (χ1) is 8.95. The molecule has 0 aromatic heterocycles. The van der Waals surface area contributed by atoms with Crippen LogP contribution in [0.25, 0.3) is 0 Å². The Hall–Kier alpha value is -1.40. The van der Waals surface area contributed by atoms with E-state index in [2.05, 4.69) is 21.2 Å². The van der Waals surface area contributed by atoms with Gasteiger partial charge in [-0.2, -0.15) is 0 Å². The molecule has 19 heavy (non-hydrogen) atoms. The lowest BCUT2D eigenvalue weighted by molar-refractivity contribution is -0.120. The van der Waals surface area contributed by atoms with Crippen LogP contribution in [-0.2, 0) is 9.53 Å². The maximum atomic E-state index is 11.6. The van der Waals surface area contributed by atoms with Crippen LogP contribution in [0, 0.1) is 6.92 Å². The second kappa shape index (κ2) is 7.25. The van der Waals surface area contributed by atoms with Crippen molar-refractivity contribution in [3.8, 4) is 0 Å². The Balaban J connectivity index is 2.83. The van der Waals surface area contributed by atoms with Gasteiger partial charge in [-0.1, -0.05) is 22.9 Å². The van der Waals surface area contributed by atoms with E-state index in [1.54, 1.807) is 13.0 Å². The minimum absolute atomic E-state index is 0.0395. The first kappa shape index (κ1) is 15.7. The van der Waals surface area contributed by atoms with Crippen LogP contribution < -0.4 is 5.32 Å². The van der Waals surface area contributed by atoms with E-state index >= 15 is 0 Å². The summed E-state index contributed by atoms with van der Waals surface area (Å²) in [7, 11) is 0. The van der Waals surface area contributed by atoms with Gasteiger partial charge in [-0.3, -0.25) is 4.79 Å². The van der Waals surface area contributed by atoms with Crippen molar-refractivity contribution in [1.29, 1.82) is 0 Å². The van der Waals surface area contributed by atoms with Gasteiger partial charge in [-0.25, -0.2) is 4.79 Å². The molecule has 6 heteroatoms. The van der Waals surface area contributed by atoms with E-state index in [1.807, 2.05) is 6.92 Å². The largest absolute Gasteiger partial charge is 0.478 e. The number of carboxylic acids is 1. The number of ether oxygens (including phenoxy) is 1. The monoisotopic (exact) mass is 329 g/mol. The topological polar surface area (TPSA) is 75.6 Å². The van der Waals surface area contributed by atoms with E-state index in [0.717, 1.165) is 6.42 Å². The van der Waals surface area contributed by atoms with E-state index in [1.165, 1.54) is 6.07 Å². The summed E-state index contributed by atoms with van der Waals surface area (Å²) in [6.45, 7) is 4.08. The molecule has 1 rings (SSSR count). The zero-order chi connectivity index (χ0) is 14.4. The average Bonchev–Trinajstić information content (AvgIpc) is 2.33. The lowest BCUT2D eigenvalue weighted by atomic mass is 10.1. The Kier molecular flexibility index (Phi) is 5.98. The fourth-order valence-corrected chi connectivity index (χ4v) is 1.98. The van der Waals surface area contributed by atoms with E-state index in [4.69, 9.17) is 9.84 Å². The Labute approximate surface area is 120 Å². The SMILES string of the molecule is CCCOCC(=O)Nc1cc(Br)cc(C(=O)O)c1C. The van der Waals surface area contributed by atoms with Gasteiger partial charge < -0.3 is 15.2 Å². The van der Waals surface area contributed by atoms with Crippen LogP contribution in [0.2, 0.25) is 0 Å². The van der Waals surface area contributed by atoms with Crippen molar-refractivity contribution in [3.05, 3.63) is 27.7 Å². The van der Waals surface area contributed by atoms with Crippen molar-refractivity contribution in [2.45, 2.75) is 20.3 Å². The Morgan fingerprint density at radius 3 is 2.68 bits per heavy atom. The molecule has 1 amide bonds. The lowest BCUT2D eigenvalue weighted by Crippen LogP contribution is -2.19. The number of carbonyl (C=O) groups is 2. The van der Waals surface area contributed by atoms with Gasteiger partial charge in [0.05, 0.1) is 5.56 Å². The van der Waals surface area contributed by atoms with Crippen LogP contribution >= 0.6 is 15.9 Å². The normalized spacial score (nSPS) is 10.3. The molecule has 5 nitrogen and oxygen atoms in total. The molecule has 0 saturated carbocycles. The fourth-order valence-electron chi connectivity index (χ4n) is 1.53. The van der Waals surface area contributed by atoms with Crippen molar-refractivity contribution in [3.63, 3.8) is 0 Å². The first-order valence-electron chi connectivity index (χ1n) is 5.86. The van der Waals surface area contributed by atoms with E-state index < -0.39 is 5.97 Å². The predicted molar refractivity (Wildman–Crippen MR) is 75.6 cm³/mol. The summed E-state index contributed by atoms with van der Waals surface area (Å²) in [6, 6.07) is 3.17. The molecule has 0 aliphatic heterocycles. The fraction of sp³-hybridized carbons (Fsp3) is 0.385. The maximum Gasteiger partial charge on any atom is 0.336 e. The van der Waals surface area contributed by atoms with Crippen molar-refractivity contribution in [1.82, 2.24) is 0 Å². The van der Waals surface area contributed by atoms with Gasteiger partial charge in [0.15, 0.2) is 0 Å². The number of carboxylic acid groups (broad SMARTS) is 1. The molecule has 0 radical (unpaired) electrons. The van der Waals surface area contributed by atoms with Gasteiger partial charge in [-0.15, -0.1) is 0 Å². The minimum Gasteiger partial charge on any atom is -0.478 e. The summed E-state index contributed by atoms with van der Waals surface area (Å²) >= 11 is 3.22. The highest BCUT2D eigenvalue weighted by Crippen LogP contribution is 2.25. The summed E-state index contributed by atoms with van der Waals surface area (Å²) in [4.78, 5) is 22.7. The van der Waals surface area contributed by atoms with Gasteiger partial charge in [-0.05, 0) is 31.0 Å². The van der Waals surface area contributed by atoms with Gasteiger partial charge >= 0.3 is 5.97 Å². The van der Waals surface area contributed by atoms with Gasteiger partial charge in [0, 0.05) is 16.8 Å². The number of benzene rings is 1. The van der Waals surface area contributed by atoms with Crippen molar-refractivity contribution < 1.29 is 19.4 Å². The summed E-state index contributed by atoms with van der Waals surface area (Å²) in [5, 5.41) is 11.7. The van der Waals surface area contributed by atoms with E-state index in [-0.39, 0.29) is 18.1 Å². The molecule has 0 aliphatic carbocycles. The minimum atomic E-state index is -1.03. The third kappa shape index (κ3) is 4.65. The Bertz CT molecular complexity index is 488. The van der Waals surface area contributed by atoms with E-state index in [9.17, 15) is 9.59 Å². The molecule has 0 fully saturated rings. The molecule has 104 valence electrons. The molecule has 1 aromatic rings. The quantitative estimate of drug-likeness (QED) is 0.787. The summed E-state index contributed by atoms with van der Waals surface area (Å²) in [5.74, 6) is -1.33. The summed E-state index contributed by atoms with van der Waals surface area (Å²) < 4.78 is 5.72. The number of amides is 1. The molecule has 1 aromatic carbocycles. The number of nitrogens with one attached hydrogen (secondary N) is 1.